The molecule has 1 heterocycles. The van der Waals surface area contributed by atoms with Gasteiger partial charge in [0.1, 0.15) is 5.60 Å². The number of nitrogens with one attached hydrogen (secondary N) is 2. The SMILES string of the molecule is COc1ccc(NCc2ccc(C(=O)Nc3cc(-c4cccn4C(=O)OC(C)(C)C)ccc3N)cc2)cc1OC. The zero-order valence-corrected chi connectivity index (χ0v) is 23.3. The van der Waals surface area contributed by atoms with E-state index in [2.05, 4.69) is 10.6 Å². The van der Waals surface area contributed by atoms with Crippen molar-refractivity contribution in [2.24, 2.45) is 0 Å². The molecule has 4 rings (SSSR count). The van der Waals surface area contributed by atoms with Gasteiger partial charge in [0, 0.05) is 35.6 Å². The van der Waals surface area contributed by atoms with E-state index in [0.29, 0.717) is 46.2 Å². The van der Waals surface area contributed by atoms with Crippen LogP contribution in [0.1, 0.15) is 36.7 Å². The van der Waals surface area contributed by atoms with Crippen LogP contribution >= 0.6 is 0 Å². The number of nitrogen functional groups attached to an aromatic ring is 1. The number of carbonyl (C=O) groups excluding carboxylic acids is 2. The fourth-order valence-electron chi connectivity index (χ4n) is 4.03. The van der Waals surface area contributed by atoms with E-state index >= 15 is 0 Å². The summed E-state index contributed by atoms with van der Waals surface area (Å²) in [5.41, 5.74) is 10.1. The van der Waals surface area contributed by atoms with E-state index < -0.39 is 11.7 Å². The second-order valence-electron chi connectivity index (χ2n) is 10.1. The summed E-state index contributed by atoms with van der Waals surface area (Å²) in [5.74, 6) is 0.998. The Kier molecular flexibility index (Phi) is 8.33. The standard InChI is InChI=1S/C31H34N4O5/c1-31(2,3)40-30(37)35-16-6-7-26(35)22-12-14-24(32)25(17-22)34-29(36)21-10-8-20(9-11-21)19-33-23-13-15-27(38-4)28(18-23)39-5/h6-18,33H,19,32H2,1-5H3,(H,34,36). The van der Waals surface area contributed by atoms with Gasteiger partial charge in [-0.3, -0.25) is 9.36 Å². The van der Waals surface area contributed by atoms with Gasteiger partial charge in [-0.15, -0.1) is 0 Å². The predicted octanol–water partition coefficient (Wildman–Crippen LogP) is 6.40. The van der Waals surface area contributed by atoms with Gasteiger partial charge in [-0.1, -0.05) is 18.2 Å². The molecule has 208 valence electrons. The van der Waals surface area contributed by atoms with E-state index in [1.54, 1.807) is 62.9 Å². The van der Waals surface area contributed by atoms with Crippen molar-refractivity contribution in [3.05, 3.63) is 90.1 Å². The Balaban J connectivity index is 1.44. The highest BCUT2D eigenvalue weighted by atomic mass is 16.6. The lowest BCUT2D eigenvalue weighted by Crippen LogP contribution is -2.27. The minimum Gasteiger partial charge on any atom is -0.493 e. The molecule has 0 unspecified atom stereocenters. The molecule has 0 atom stereocenters. The molecule has 0 aliphatic carbocycles. The smallest absolute Gasteiger partial charge is 0.418 e. The lowest BCUT2D eigenvalue weighted by atomic mass is 10.1. The highest BCUT2D eigenvalue weighted by molar-refractivity contribution is 6.06. The molecule has 9 nitrogen and oxygen atoms in total. The van der Waals surface area contributed by atoms with Crippen molar-refractivity contribution in [3.63, 3.8) is 0 Å². The third-order valence-corrected chi connectivity index (χ3v) is 6.03. The minimum atomic E-state index is -0.631. The quantitative estimate of drug-likeness (QED) is 0.221. The summed E-state index contributed by atoms with van der Waals surface area (Å²) in [6.07, 6.45) is 1.15. The van der Waals surface area contributed by atoms with Gasteiger partial charge >= 0.3 is 6.09 Å². The average Bonchev–Trinajstić information content (AvgIpc) is 3.42. The van der Waals surface area contributed by atoms with Gasteiger partial charge in [-0.05, 0) is 74.9 Å². The van der Waals surface area contributed by atoms with Crippen LogP contribution in [0.25, 0.3) is 11.3 Å². The lowest BCUT2D eigenvalue weighted by Gasteiger charge is -2.20. The number of hydrogen-bond acceptors (Lipinski definition) is 7. The third kappa shape index (κ3) is 6.74. The van der Waals surface area contributed by atoms with E-state index in [4.69, 9.17) is 19.9 Å². The summed E-state index contributed by atoms with van der Waals surface area (Å²) in [4.78, 5) is 25.7. The van der Waals surface area contributed by atoms with Crippen molar-refractivity contribution in [1.82, 2.24) is 4.57 Å². The molecular weight excluding hydrogens is 508 g/mol. The topological polar surface area (TPSA) is 117 Å². The molecule has 0 spiro atoms. The summed E-state index contributed by atoms with van der Waals surface area (Å²) in [7, 11) is 3.19. The molecule has 40 heavy (non-hydrogen) atoms. The van der Waals surface area contributed by atoms with Crippen molar-refractivity contribution in [3.8, 4) is 22.8 Å². The number of methoxy groups -OCH3 is 2. The Morgan fingerprint density at radius 2 is 1.62 bits per heavy atom. The van der Waals surface area contributed by atoms with E-state index in [-0.39, 0.29) is 5.91 Å². The molecule has 0 radical (unpaired) electrons. The van der Waals surface area contributed by atoms with Gasteiger partial charge in [0.05, 0.1) is 31.3 Å². The first-order valence-electron chi connectivity index (χ1n) is 12.7. The first-order valence-corrected chi connectivity index (χ1v) is 12.7. The fraction of sp³-hybridized carbons (Fsp3) is 0.226. The Morgan fingerprint density at radius 3 is 2.30 bits per heavy atom. The van der Waals surface area contributed by atoms with Crippen LogP contribution in [-0.2, 0) is 11.3 Å². The number of nitrogens with zero attached hydrogens (tertiary/aromatic N) is 1. The Morgan fingerprint density at radius 1 is 0.900 bits per heavy atom. The number of ether oxygens (including phenoxy) is 3. The second kappa shape index (κ2) is 11.9. The average molecular weight is 543 g/mol. The zero-order chi connectivity index (χ0) is 28.9. The summed E-state index contributed by atoms with van der Waals surface area (Å²) in [6, 6.07) is 21.7. The molecule has 0 bridgehead atoms. The lowest BCUT2D eigenvalue weighted by molar-refractivity contribution is 0.0540. The molecule has 4 aromatic rings. The molecule has 0 fully saturated rings. The van der Waals surface area contributed by atoms with Crippen LogP contribution in [0, 0.1) is 0 Å². The van der Waals surface area contributed by atoms with Gasteiger partial charge in [-0.25, -0.2) is 4.79 Å². The van der Waals surface area contributed by atoms with Gasteiger partial charge < -0.3 is 30.6 Å². The second-order valence-corrected chi connectivity index (χ2v) is 10.1. The summed E-state index contributed by atoms with van der Waals surface area (Å²) >= 11 is 0. The summed E-state index contributed by atoms with van der Waals surface area (Å²) in [5, 5.41) is 6.23. The number of carbonyl (C=O) groups is 2. The summed E-state index contributed by atoms with van der Waals surface area (Å²) in [6.45, 7) is 5.99. The van der Waals surface area contributed by atoms with Crippen LogP contribution in [0.5, 0.6) is 11.5 Å². The van der Waals surface area contributed by atoms with Gasteiger partial charge in [0.25, 0.3) is 5.91 Å². The van der Waals surface area contributed by atoms with Crippen molar-refractivity contribution >= 4 is 29.1 Å². The Labute approximate surface area is 233 Å². The number of anilines is 3. The first-order chi connectivity index (χ1) is 19.1. The first kappa shape index (κ1) is 28.1. The van der Waals surface area contributed by atoms with E-state index in [0.717, 1.165) is 11.3 Å². The van der Waals surface area contributed by atoms with Crippen molar-refractivity contribution in [2.75, 3.05) is 30.6 Å². The van der Waals surface area contributed by atoms with Crippen molar-refractivity contribution < 1.29 is 23.8 Å². The monoisotopic (exact) mass is 542 g/mol. The van der Waals surface area contributed by atoms with Crippen LogP contribution in [-0.4, -0.2) is 36.4 Å². The van der Waals surface area contributed by atoms with Gasteiger partial charge in [-0.2, -0.15) is 0 Å². The van der Waals surface area contributed by atoms with Gasteiger partial charge in [0.2, 0.25) is 0 Å². The van der Waals surface area contributed by atoms with E-state index in [9.17, 15) is 9.59 Å². The minimum absolute atomic E-state index is 0.300. The maximum atomic E-state index is 13.0. The molecule has 4 N–H and O–H groups in total. The number of hydrogen-bond donors (Lipinski definition) is 3. The molecule has 1 aromatic heterocycles. The maximum Gasteiger partial charge on any atom is 0.418 e. The number of amides is 1. The Hall–Kier alpha value is -4.92. The highest BCUT2D eigenvalue weighted by Crippen LogP contribution is 2.31. The third-order valence-electron chi connectivity index (χ3n) is 6.03. The van der Waals surface area contributed by atoms with Crippen LogP contribution in [0.4, 0.5) is 21.9 Å². The largest absolute Gasteiger partial charge is 0.493 e. The van der Waals surface area contributed by atoms with Crippen molar-refractivity contribution in [2.45, 2.75) is 32.9 Å². The number of rotatable bonds is 8. The van der Waals surface area contributed by atoms with Crippen LogP contribution in [0.15, 0.2) is 79.0 Å². The zero-order valence-electron chi connectivity index (χ0n) is 23.3. The molecular formula is C31H34N4O5. The molecule has 3 aromatic carbocycles. The Bertz CT molecular complexity index is 1500. The van der Waals surface area contributed by atoms with Crippen LogP contribution in [0.2, 0.25) is 0 Å². The molecule has 0 aliphatic heterocycles. The number of benzene rings is 3. The van der Waals surface area contributed by atoms with Crippen molar-refractivity contribution in [1.29, 1.82) is 0 Å². The predicted molar refractivity (Wildman–Crippen MR) is 157 cm³/mol. The normalized spacial score (nSPS) is 11.0. The molecule has 0 saturated heterocycles. The molecule has 9 heteroatoms. The van der Waals surface area contributed by atoms with E-state index in [1.807, 2.05) is 51.1 Å². The van der Waals surface area contributed by atoms with Crippen LogP contribution < -0.4 is 25.8 Å². The highest BCUT2D eigenvalue weighted by Gasteiger charge is 2.20. The fourth-order valence-corrected chi connectivity index (χ4v) is 4.03. The summed E-state index contributed by atoms with van der Waals surface area (Å²) < 4.78 is 17.6. The number of aromatic nitrogens is 1. The molecule has 0 saturated carbocycles. The van der Waals surface area contributed by atoms with Gasteiger partial charge in [0.15, 0.2) is 11.5 Å². The maximum absolute atomic E-state index is 13.0. The van der Waals surface area contributed by atoms with E-state index in [1.165, 1.54) is 4.57 Å². The number of nitrogens with two attached hydrogens (primary N) is 1. The molecule has 0 aliphatic rings. The van der Waals surface area contributed by atoms with Crippen LogP contribution in [0.3, 0.4) is 0 Å². The molecule has 1 amide bonds.